The molecular weight excluding hydrogens is 350 g/mol. The summed E-state index contributed by atoms with van der Waals surface area (Å²) in [6.45, 7) is 4.57. The molecule has 29 heavy (non-hydrogen) atoms. The number of hydrogen-bond donors (Lipinski definition) is 1. The van der Waals surface area contributed by atoms with Gasteiger partial charge in [0.1, 0.15) is 0 Å². The zero-order chi connectivity index (χ0) is 20.8. The Hall–Kier alpha value is -1.24. The van der Waals surface area contributed by atoms with Crippen molar-refractivity contribution >= 4 is 12.2 Å². The van der Waals surface area contributed by atoms with Crippen LogP contribution in [0.1, 0.15) is 141 Å². The highest BCUT2D eigenvalue weighted by Gasteiger charge is 1.96. The lowest BCUT2D eigenvalue weighted by Gasteiger charge is -2.00. The first-order chi connectivity index (χ1) is 14.4. The summed E-state index contributed by atoms with van der Waals surface area (Å²) in [5.41, 5.74) is 2.59. The van der Waals surface area contributed by atoms with Crippen molar-refractivity contribution < 1.29 is 0 Å². The maximum Gasteiger partial charge on any atom is 0.0450 e. The Morgan fingerprint density at radius 1 is 0.586 bits per heavy atom. The van der Waals surface area contributed by atoms with Gasteiger partial charge in [-0.05, 0) is 43.4 Å². The number of rotatable bonds is 20. The van der Waals surface area contributed by atoms with Gasteiger partial charge in [-0.15, -0.1) is 0 Å². The normalized spacial score (nSPS) is 11.9. The molecule has 0 saturated carbocycles. The fourth-order valence-electron chi connectivity index (χ4n) is 3.89. The monoisotopic (exact) mass is 399 g/mol. The first-order valence-electron chi connectivity index (χ1n) is 12.9. The zero-order valence-electron chi connectivity index (χ0n) is 19.7. The van der Waals surface area contributed by atoms with Gasteiger partial charge < -0.3 is 4.98 Å². The molecule has 0 aliphatic heterocycles. The minimum absolute atomic E-state index is 1.20. The molecule has 0 bridgehead atoms. The van der Waals surface area contributed by atoms with E-state index in [4.69, 9.17) is 0 Å². The number of allylic oxidation sites excluding steroid dienone is 2. The van der Waals surface area contributed by atoms with Gasteiger partial charge in [0.2, 0.25) is 0 Å². The molecule has 1 aromatic heterocycles. The quantitative estimate of drug-likeness (QED) is 0.210. The summed E-state index contributed by atoms with van der Waals surface area (Å²) < 4.78 is 0. The molecule has 1 rings (SSSR count). The maximum absolute atomic E-state index is 3.38. The minimum Gasteiger partial charge on any atom is -0.361 e. The minimum atomic E-state index is 1.20. The lowest BCUT2D eigenvalue weighted by Crippen LogP contribution is -1.81. The second kappa shape index (κ2) is 20.0. The van der Waals surface area contributed by atoms with Crippen LogP contribution in [-0.4, -0.2) is 4.98 Å². The Labute approximate surface area is 182 Å². The van der Waals surface area contributed by atoms with E-state index in [1.807, 2.05) is 0 Å². The van der Waals surface area contributed by atoms with E-state index in [-0.39, 0.29) is 0 Å². The van der Waals surface area contributed by atoms with E-state index in [0.717, 1.165) is 0 Å². The fraction of sp³-hybridized carbons (Fsp3) is 0.714. The number of unbranched alkanes of at least 4 members (excludes halogenated alkanes) is 16. The van der Waals surface area contributed by atoms with Crippen LogP contribution in [0, 0.1) is 0 Å². The van der Waals surface area contributed by atoms with E-state index in [0.29, 0.717) is 0 Å². The Bertz CT molecular complexity index is 464. The molecule has 0 fully saturated rings. The molecule has 0 spiro atoms. The number of aromatic amines is 1. The molecule has 0 saturated heterocycles. The molecule has 1 nitrogen and oxygen atoms in total. The van der Waals surface area contributed by atoms with Crippen molar-refractivity contribution in [2.24, 2.45) is 0 Å². The van der Waals surface area contributed by atoms with Crippen LogP contribution in [0.4, 0.5) is 0 Å². The summed E-state index contributed by atoms with van der Waals surface area (Å²) in [5.74, 6) is 0. The van der Waals surface area contributed by atoms with Crippen molar-refractivity contribution in [3.05, 3.63) is 35.7 Å². The third-order valence-corrected chi connectivity index (χ3v) is 5.84. The summed E-state index contributed by atoms with van der Waals surface area (Å²) >= 11 is 0. The summed E-state index contributed by atoms with van der Waals surface area (Å²) in [4.78, 5) is 3.38. The van der Waals surface area contributed by atoms with Crippen molar-refractivity contribution in [3.8, 4) is 0 Å². The molecule has 166 valence electrons. The van der Waals surface area contributed by atoms with E-state index in [2.05, 4.69) is 55.4 Å². The summed E-state index contributed by atoms with van der Waals surface area (Å²) in [6, 6.07) is 2.19. The summed E-state index contributed by atoms with van der Waals surface area (Å²) in [5, 5.41) is 0. The highest BCUT2D eigenvalue weighted by atomic mass is 14.7. The summed E-state index contributed by atoms with van der Waals surface area (Å²) in [6.07, 6.45) is 36.1. The van der Waals surface area contributed by atoms with Crippen LogP contribution in [0.25, 0.3) is 12.2 Å². The molecule has 0 unspecified atom stereocenters. The Kier molecular flexibility index (Phi) is 17.8. The molecule has 1 N–H and O–H groups in total. The van der Waals surface area contributed by atoms with E-state index in [1.54, 1.807) is 0 Å². The van der Waals surface area contributed by atoms with Crippen molar-refractivity contribution in [2.45, 2.75) is 129 Å². The van der Waals surface area contributed by atoms with Crippen LogP contribution in [0.5, 0.6) is 0 Å². The van der Waals surface area contributed by atoms with E-state index < -0.39 is 0 Å². The van der Waals surface area contributed by atoms with Crippen LogP contribution in [0.15, 0.2) is 24.4 Å². The number of aromatic nitrogens is 1. The van der Waals surface area contributed by atoms with E-state index in [9.17, 15) is 0 Å². The third-order valence-electron chi connectivity index (χ3n) is 5.84. The Balaban J connectivity index is 2.06. The summed E-state index contributed by atoms with van der Waals surface area (Å²) in [7, 11) is 0. The van der Waals surface area contributed by atoms with Crippen LogP contribution in [0.2, 0.25) is 0 Å². The van der Waals surface area contributed by atoms with Gasteiger partial charge >= 0.3 is 0 Å². The average molecular weight is 400 g/mol. The number of hydrogen-bond acceptors (Lipinski definition) is 0. The molecule has 0 atom stereocenters. The maximum atomic E-state index is 3.38. The standard InChI is InChI=1S/C28H49N/c1-3-5-7-9-11-13-15-17-19-21-23-27-25-26-29-28(27)24-22-20-18-16-14-12-10-8-6-4-2/h21-26,29H,3-20H2,1-2H3/b23-21+,24-22+. The van der Waals surface area contributed by atoms with Gasteiger partial charge in [-0.25, -0.2) is 0 Å². The predicted octanol–water partition coefficient (Wildman–Crippen LogP) is 10.1. The van der Waals surface area contributed by atoms with Crippen LogP contribution in [0.3, 0.4) is 0 Å². The van der Waals surface area contributed by atoms with Crippen LogP contribution >= 0.6 is 0 Å². The van der Waals surface area contributed by atoms with Crippen molar-refractivity contribution in [1.29, 1.82) is 0 Å². The highest BCUT2D eigenvalue weighted by Crippen LogP contribution is 2.15. The van der Waals surface area contributed by atoms with Gasteiger partial charge in [-0.2, -0.15) is 0 Å². The van der Waals surface area contributed by atoms with Gasteiger partial charge in [-0.3, -0.25) is 0 Å². The molecule has 0 amide bonds. The smallest absolute Gasteiger partial charge is 0.0450 e. The first kappa shape index (κ1) is 25.8. The SMILES string of the molecule is CCCCCCCCCC/C=C/c1cc[nH]c1/C=C/CCCCCCCCCC. The topological polar surface area (TPSA) is 15.8 Å². The van der Waals surface area contributed by atoms with Crippen LogP contribution < -0.4 is 0 Å². The second-order valence-electron chi connectivity index (χ2n) is 8.68. The van der Waals surface area contributed by atoms with E-state index in [1.165, 1.54) is 127 Å². The number of nitrogens with one attached hydrogen (secondary N) is 1. The molecule has 0 aliphatic carbocycles. The molecule has 1 heterocycles. The van der Waals surface area contributed by atoms with Crippen molar-refractivity contribution in [1.82, 2.24) is 4.98 Å². The van der Waals surface area contributed by atoms with Crippen molar-refractivity contribution in [2.75, 3.05) is 0 Å². The predicted molar refractivity (Wildman–Crippen MR) is 133 cm³/mol. The largest absolute Gasteiger partial charge is 0.361 e. The van der Waals surface area contributed by atoms with Gasteiger partial charge in [0.15, 0.2) is 0 Å². The lowest BCUT2D eigenvalue weighted by atomic mass is 10.1. The Morgan fingerprint density at radius 3 is 1.55 bits per heavy atom. The average Bonchev–Trinajstić information content (AvgIpc) is 3.18. The first-order valence-corrected chi connectivity index (χ1v) is 12.9. The highest BCUT2D eigenvalue weighted by molar-refractivity contribution is 5.62. The molecule has 0 radical (unpaired) electrons. The third kappa shape index (κ3) is 15.3. The molecule has 0 aliphatic rings. The second-order valence-corrected chi connectivity index (χ2v) is 8.68. The molecular formula is C28H49N. The fourth-order valence-corrected chi connectivity index (χ4v) is 3.89. The van der Waals surface area contributed by atoms with Gasteiger partial charge in [0.25, 0.3) is 0 Å². The lowest BCUT2D eigenvalue weighted by molar-refractivity contribution is 0.578. The van der Waals surface area contributed by atoms with Gasteiger partial charge in [0.05, 0.1) is 0 Å². The van der Waals surface area contributed by atoms with Gasteiger partial charge in [-0.1, -0.05) is 122 Å². The Morgan fingerprint density at radius 2 is 1.03 bits per heavy atom. The van der Waals surface area contributed by atoms with Crippen LogP contribution in [-0.2, 0) is 0 Å². The number of H-pyrrole nitrogens is 1. The van der Waals surface area contributed by atoms with Crippen molar-refractivity contribution in [3.63, 3.8) is 0 Å². The van der Waals surface area contributed by atoms with E-state index >= 15 is 0 Å². The van der Waals surface area contributed by atoms with Gasteiger partial charge in [0, 0.05) is 11.9 Å². The molecule has 1 aromatic rings. The molecule has 0 aromatic carbocycles. The zero-order valence-corrected chi connectivity index (χ0v) is 19.7. The molecule has 1 heteroatoms.